The van der Waals surface area contributed by atoms with Crippen molar-refractivity contribution in [1.82, 2.24) is 9.80 Å². The minimum atomic E-state index is 0.112. The molecule has 0 aromatic carbocycles. The van der Waals surface area contributed by atoms with Crippen LogP contribution in [0.25, 0.3) is 0 Å². The van der Waals surface area contributed by atoms with Crippen molar-refractivity contribution in [2.24, 2.45) is 5.92 Å². The van der Waals surface area contributed by atoms with E-state index >= 15 is 0 Å². The van der Waals surface area contributed by atoms with E-state index in [2.05, 4.69) is 11.8 Å². The fraction of sp³-hybridized carbons (Fsp3) is 0.688. The molecular formula is C16H24N2O3S. The van der Waals surface area contributed by atoms with Gasteiger partial charge in [-0.3, -0.25) is 9.69 Å². The molecule has 3 rings (SSSR count). The highest BCUT2D eigenvalue weighted by atomic mass is 32.1. The highest BCUT2D eigenvalue weighted by molar-refractivity contribution is 7.12. The number of rotatable bonds is 4. The SMILES string of the molecule is CC[C@H]1CN(C(=O)c2sccc2OC)C[C@@H]1N1CCOCC1. The molecule has 0 bridgehead atoms. The zero-order valence-electron chi connectivity index (χ0n) is 13.3. The summed E-state index contributed by atoms with van der Waals surface area (Å²) in [6.45, 7) is 7.45. The van der Waals surface area contributed by atoms with Gasteiger partial charge in [-0.05, 0) is 17.4 Å². The number of nitrogens with zero attached hydrogens (tertiary/aromatic N) is 2. The second kappa shape index (κ2) is 6.98. The molecule has 2 atom stereocenters. The van der Waals surface area contributed by atoms with Crippen LogP contribution in [0.3, 0.4) is 0 Å². The second-order valence-corrected chi connectivity index (χ2v) is 6.83. The standard InChI is InChI=1S/C16H24N2O3S/c1-3-12-10-18(11-13(12)17-5-7-21-8-6-17)16(19)15-14(20-2)4-9-22-15/h4,9,12-13H,3,5-8,10-11H2,1-2H3/t12-,13-/m0/s1. The van der Waals surface area contributed by atoms with E-state index in [9.17, 15) is 4.79 Å². The minimum absolute atomic E-state index is 0.112. The molecule has 22 heavy (non-hydrogen) atoms. The molecule has 5 nitrogen and oxygen atoms in total. The average molecular weight is 324 g/mol. The number of hydrogen-bond acceptors (Lipinski definition) is 5. The van der Waals surface area contributed by atoms with Gasteiger partial charge >= 0.3 is 0 Å². The predicted octanol–water partition coefficient (Wildman–Crippen LogP) is 1.94. The van der Waals surface area contributed by atoms with Crippen molar-refractivity contribution >= 4 is 17.2 Å². The van der Waals surface area contributed by atoms with Gasteiger partial charge < -0.3 is 14.4 Å². The Morgan fingerprint density at radius 2 is 2.18 bits per heavy atom. The van der Waals surface area contributed by atoms with Gasteiger partial charge in [-0.2, -0.15) is 0 Å². The topological polar surface area (TPSA) is 42.0 Å². The number of likely N-dealkylation sites (tertiary alicyclic amines) is 1. The van der Waals surface area contributed by atoms with E-state index in [1.807, 2.05) is 16.3 Å². The first-order chi connectivity index (χ1) is 10.7. The van der Waals surface area contributed by atoms with Crippen molar-refractivity contribution in [3.63, 3.8) is 0 Å². The molecule has 3 heterocycles. The third-order valence-electron chi connectivity index (χ3n) is 4.78. The molecule has 1 amide bonds. The van der Waals surface area contributed by atoms with Crippen molar-refractivity contribution in [3.8, 4) is 5.75 Å². The van der Waals surface area contributed by atoms with Crippen LogP contribution in [-0.2, 0) is 4.74 Å². The first-order valence-corrected chi connectivity index (χ1v) is 8.85. The van der Waals surface area contributed by atoms with Crippen molar-refractivity contribution < 1.29 is 14.3 Å². The largest absolute Gasteiger partial charge is 0.495 e. The summed E-state index contributed by atoms with van der Waals surface area (Å²) >= 11 is 1.46. The summed E-state index contributed by atoms with van der Waals surface area (Å²) in [5.74, 6) is 1.35. The van der Waals surface area contributed by atoms with Crippen LogP contribution >= 0.6 is 11.3 Å². The lowest BCUT2D eigenvalue weighted by Crippen LogP contribution is -2.47. The molecule has 2 aliphatic rings. The summed E-state index contributed by atoms with van der Waals surface area (Å²) in [6.07, 6.45) is 1.10. The van der Waals surface area contributed by atoms with Gasteiger partial charge in [0.05, 0.1) is 20.3 Å². The van der Waals surface area contributed by atoms with Crippen LogP contribution in [0.15, 0.2) is 11.4 Å². The van der Waals surface area contributed by atoms with E-state index in [1.54, 1.807) is 7.11 Å². The lowest BCUT2D eigenvalue weighted by Gasteiger charge is -2.34. The van der Waals surface area contributed by atoms with E-state index in [0.717, 1.165) is 50.7 Å². The lowest BCUT2D eigenvalue weighted by molar-refractivity contribution is 0.0103. The molecule has 2 saturated heterocycles. The summed E-state index contributed by atoms with van der Waals surface area (Å²) < 4.78 is 10.8. The van der Waals surface area contributed by atoms with E-state index < -0.39 is 0 Å². The molecule has 2 fully saturated rings. The number of ether oxygens (including phenoxy) is 2. The number of methoxy groups -OCH3 is 1. The smallest absolute Gasteiger partial charge is 0.267 e. The summed E-state index contributed by atoms with van der Waals surface area (Å²) in [7, 11) is 1.62. The third-order valence-corrected chi connectivity index (χ3v) is 5.66. The highest BCUT2D eigenvalue weighted by Gasteiger charge is 2.39. The van der Waals surface area contributed by atoms with Crippen LogP contribution in [0.5, 0.6) is 5.75 Å². The zero-order chi connectivity index (χ0) is 15.5. The maximum absolute atomic E-state index is 12.8. The minimum Gasteiger partial charge on any atom is -0.495 e. The van der Waals surface area contributed by atoms with Crippen molar-refractivity contribution in [3.05, 3.63) is 16.3 Å². The quantitative estimate of drug-likeness (QED) is 0.849. The van der Waals surface area contributed by atoms with E-state index in [-0.39, 0.29) is 5.91 Å². The first-order valence-electron chi connectivity index (χ1n) is 7.97. The van der Waals surface area contributed by atoms with Crippen LogP contribution in [0.1, 0.15) is 23.0 Å². The van der Waals surface area contributed by atoms with Crippen LogP contribution in [-0.4, -0.2) is 68.3 Å². The molecule has 1 aromatic rings. The number of amides is 1. The van der Waals surface area contributed by atoms with E-state index in [4.69, 9.17) is 9.47 Å². The van der Waals surface area contributed by atoms with Gasteiger partial charge in [0.1, 0.15) is 10.6 Å². The predicted molar refractivity (Wildman–Crippen MR) is 86.7 cm³/mol. The number of carbonyl (C=O) groups excluding carboxylic acids is 1. The Labute approximate surface area is 135 Å². The van der Waals surface area contributed by atoms with Gasteiger partial charge in [-0.15, -0.1) is 11.3 Å². The van der Waals surface area contributed by atoms with Crippen LogP contribution in [0.2, 0.25) is 0 Å². The van der Waals surface area contributed by atoms with Crippen LogP contribution in [0, 0.1) is 5.92 Å². The fourth-order valence-electron chi connectivity index (χ4n) is 3.50. The third kappa shape index (κ3) is 3.00. The van der Waals surface area contributed by atoms with Gasteiger partial charge in [0.2, 0.25) is 0 Å². The maximum atomic E-state index is 12.8. The molecule has 0 radical (unpaired) electrons. The molecule has 0 aliphatic carbocycles. The van der Waals surface area contributed by atoms with Gasteiger partial charge in [-0.1, -0.05) is 13.3 Å². The Morgan fingerprint density at radius 1 is 1.41 bits per heavy atom. The summed E-state index contributed by atoms with van der Waals surface area (Å²) in [5.41, 5.74) is 0. The normalized spacial score (nSPS) is 26.4. The molecule has 0 saturated carbocycles. The van der Waals surface area contributed by atoms with Gasteiger partial charge in [0.15, 0.2) is 0 Å². The molecular weight excluding hydrogens is 300 g/mol. The Kier molecular flexibility index (Phi) is 5.00. The van der Waals surface area contributed by atoms with Crippen molar-refractivity contribution in [2.75, 3.05) is 46.5 Å². The zero-order valence-corrected chi connectivity index (χ0v) is 14.1. The second-order valence-electron chi connectivity index (χ2n) is 5.91. The van der Waals surface area contributed by atoms with Crippen LogP contribution in [0.4, 0.5) is 0 Å². The maximum Gasteiger partial charge on any atom is 0.267 e. The number of thiophene rings is 1. The molecule has 1 aromatic heterocycles. The lowest BCUT2D eigenvalue weighted by atomic mass is 9.99. The molecule has 2 aliphatic heterocycles. The fourth-order valence-corrected chi connectivity index (χ4v) is 4.33. The number of hydrogen-bond donors (Lipinski definition) is 0. The average Bonchev–Trinajstić information content (AvgIpc) is 3.21. The Morgan fingerprint density at radius 3 is 2.86 bits per heavy atom. The van der Waals surface area contributed by atoms with Crippen molar-refractivity contribution in [2.45, 2.75) is 19.4 Å². The molecule has 0 N–H and O–H groups in total. The highest BCUT2D eigenvalue weighted by Crippen LogP contribution is 2.31. The first kappa shape index (κ1) is 15.8. The molecule has 0 unspecified atom stereocenters. The van der Waals surface area contributed by atoms with Crippen LogP contribution < -0.4 is 4.74 Å². The molecule has 122 valence electrons. The Hall–Kier alpha value is -1.11. The molecule has 6 heteroatoms. The Balaban J connectivity index is 1.72. The number of morpholine rings is 1. The summed E-state index contributed by atoms with van der Waals surface area (Å²) in [4.78, 5) is 18.0. The number of carbonyl (C=O) groups is 1. The van der Waals surface area contributed by atoms with Gasteiger partial charge in [0, 0.05) is 32.2 Å². The van der Waals surface area contributed by atoms with E-state index in [0.29, 0.717) is 17.7 Å². The summed E-state index contributed by atoms with van der Waals surface area (Å²) in [5, 5.41) is 1.92. The van der Waals surface area contributed by atoms with Gasteiger partial charge in [0.25, 0.3) is 5.91 Å². The van der Waals surface area contributed by atoms with E-state index in [1.165, 1.54) is 11.3 Å². The van der Waals surface area contributed by atoms with Gasteiger partial charge in [-0.25, -0.2) is 0 Å². The molecule has 0 spiro atoms. The summed E-state index contributed by atoms with van der Waals surface area (Å²) in [6, 6.07) is 2.33. The monoisotopic (exact) mass is 324 g/mol. The Bertz CT molecular complexity index is 513. The van der Waals surface area contributed by atoms with Crippen molar-refractivity contribution in [1.29, 1.82) is 0 Å².